The lowest BCUT2D eigenvalue weighted by Crippen LogP contribution is -3.00. The van der Waals surface area contributed by atoms with E-state index in [4.69, 9.17) is 0 Å². The van der Waals surface area contributed by atoms with E-state index >= 15 is 0 Å². The van der Waals surface area contributed by atoms with Crippen molar-refractivity contribution in [2.24, 2.45) is 0 Å². The molecule has 0 spiro atoms. The lowest BCUT2D eigenvalue weighted by molar-refractivity contribution is -0.687. The van der Waals surface area contributed by atoms with Crippen molar-refractivity contribution < 1.29 is 26.3 Å². The van der Waals surface area contributed by atoms with Crippen molar-refractivity contribution in [2.45, 2.75) is 13.5 Å². The second kappa shape index (κ2) is 6.29. The number of rotatable bonds is 3. The highest BCUT2D eigenvalue weighted by Gasteiger charge is 2.16. The van der Waals surface area contributed by atoms with E-state index in [1.807, 2.05) is 41.1 Å². The zero-order valence-corrected chi connectivity index (χ0v) is 13.4. The van der Waals surface area contributed by atoms with Gasteiger partial charge >= 0.3 is 0 Å². The fourth-order valence-electron chi connectivity index (χ4n) is 2.20. The van der Waals surface area contributed by atoms with E-state index in [0.29, 0.717) is 6.54 Å². The molecule has 0 bridgehead atoms. The largest absolute Gasteiger partial charge is 1.00 e. The lowest BCUT2D eigenvalue weighted by Gasteiger charge is -2.01. The monoisotopic (exact) mass is 347 g/mol. The van der Waals surface area contributed by atoms with Gasteiger partial charge < -0.3 is 17.0 Å². The molecule has 102 valence electrons. The van der Waals surface area contributed by atoms with Crippen LogP contribution in [0.5, 0.6) is 0 Å². The molecule has 20 heavy (non-hydrogen) atoms. The van der Waals surface area contributed by atoms with Gasteiger partial charge in [0.15, 0.2) is 11.9 Å². The summed E-state index contributed by atoms with van der Waals surface area (Å²) in [5.41, 5.74) is 1.91. The minimum absolute atomic E-state index is 0. The van der Waals surface area contributed by atoms with Crippen LogP contribution in [-0.2, 0) is 6.54 Å². The third-order valence-electron chi connectivity index (χ3n) is 3.30. The number of aromatic nitrogens is 1. The summed E-state index contributed by atoms with van der Waals surface area (Å²) in [6, 6.07) is 13.6. The third kappa shape index (κ3) is 2.81. The number of pyridine rings is 1. The van der Waals surface area contributed by atoms with Crippen molar-refractivity contribution in [3.63, 3.8) is 0 Å². The highest BCUT2D eigenvalue weighted by Crippen LogP contribution is 2.21. The number of nitrogens with zero attached hydrogens (tertiary/aromatic N) is 1. The Hall–Kier alpha value is -1.52. The molecule has 1 aromatic carbocycles. The second-order valence-electron chi connectivity index (χ2n) is 4.52. The van der Waals surface area contributed by atoms with Gasteiger partial charge in [0.1, 0.15) is 4.70 Å². The Kier molecular flexibility index (Phi) is 4.68. The number of halogens is 1. The van der Waals surface area contributed by atoms with Gasteiger partial charge in [0.05, 0.1) is 0 Å². The second-order valence-corrected chi connectivity index (χ2v) is 5.44. The topological polar surface area (TPSA) is 20.9 Å². The molecule has 0 saturated carbocycles. The molecule has 2 heterocycles. The minimum Gasteiger partial charge on any atom is -1.00 e. The maximum absolute atomic E-state index is 12.2. The molecule has 0 aliphatic carbocycles. The molecule has 0 amide bonds. The third-order valence-corrected chi connectivity index (χ3v) is 4.34. The first-order valence-electron chi connectivity index (χ1n) is 6.20. The molecule has 0 aliphatic heterocycles. The van der Waals surface area contributed by atoms with Crippen LogP contribution in [0, 0.1) is 6.92 Å². The van der Waals surface area contributed by atoms with Crippen molar-refractivity contribution in [1.29, 1.82) is 0 Å². The molecule has 0 unspecified atom stereocenters. The number of carbonyl (C=O) groups is 1. The summed E-state index contributed by atoms with van der Waals surface area (Å²) >= 11 is 1.72. The number of aryl methyl sites for hydroxylation is 1. The van der Waals surface area contributed by atoms with Crippen LogP contribution in [-0.4, -0.2) is 5.78 Å². The van der Waals surface area contributed by atoms with Gasteiger partial charge in [0, 0.05) is 23.9 Å². The van der Waals surface area contributed by atoms with Gasteiger partial charge in [-0.3, -0.25) is 4.79 Å². The Balaban J connectivity index is 0.00000147. The fourth-order valence-corrected chi connectivity index (χ4v) is 3.11. The number of hydrogen-bond acceptors (Lipinski definition) is 2. The van der Waals surface area contributed by atoms with Crippen molar-refractivity contribution in [3.05, 3.63) is 65.3 Å². The van der Waals surface area contributed by atoms with Crippen LogP contribution in [0.25, 0.3) is 10.1 Å². The Morgan fingerprint density at radius 3 is 2.65 bits per heavy atom. The standard InChI is InChI=1S/C16H14NOS.BrH/c1-12-16-14(8-10-19-16)7-9-17(12)11-15(18)13-5-3-2-4-6-13;/h2-10H,11H2,1H3;1H/q+1;/p-1. The van der Waals surface area contributed by atoms with E-state index < -0.39 is 0 Å². The average molecular weight is 348 g/mol. The number of benzene rings is 1. The van der Waals surface area contributed by atoms with E-state index in [1.165, 1.54) is 10.1 Å². The predicted octanol–water partition coefficient (Wildman–Crippen LogP) is 0.384. The molecule has 0 aliphatic rings. The predicted molar refractivity (Wildman–Crippen MR) is 77.5 cm³/mol. The van der Waals surface area contributed by atoms with Crippen molar-refractivity contribution in [3.8, 4) is 0 Å². The molecular formula is C16H14BrNOS. The van der Waals surface area contributed by atoms with Gasteiger partial charge in [0.25, 0.3) is 0 Å². The highest BCUT2D eigenvalue weighted by atomic mass is 79.9. The van der Waals surface area contributed by atoms with E-state index in [-0.39, 0.29) is 22.8 Å². The molecule has 0 N–H and O–H groups in total. The Morgan fingerprint density at radius 2 is 1.90 bits per heavy atom. The first-order chi connectivity index (χ1) is 9.25. The molecule has 0 saturated heterocycles. The first-order valence-corrected chi connectivity index (χ1v) is 7.08. The maximum atomic E-state index is 12.2. The molecule has 2 aromatic heterocycles. The summed E-state index contributed by atoms with van der Waals surface area (Å²) in [5.74, 6) is 0.143. The molecular weight excluding hydrogens is 334 g/mol. The van der Waals surface area contributed by atoms with Crippen LogP contribution in [0.2, 0.25) is 0 Å². The van der Waals surface area contributed by atoms with Crippen LogP contribution < -0.4 is 21.5 Å². The van der Waals surface area contributed by atoms with Gasteiger partial charge in [-0.25, -0.2) is 0 Å². The SMILES string of the molecule is Cc1c2sccc2cc[n+]1CC(=O)c1ccccc1.[Br-]. The average Bonchev–Trinajstić information content (AvgIpc) is 2.92. The smallest absolute Gasteiger partial charge is 0.227 e. The van der Waals surface area contributed by atoms with Gasteiger partial charge in [-0.05, 0) is 11.4 Å². The first kappa shape index (κ1) is 14.9. The van der Waals surface area contributed by atoms with Crippen LogP contribution in [0.15, 0.2) is 54.0 Å². The van der Waals surface area contributed by atoms with Crippen molar-refractivity contribution in [2.75, 3.05) is 0 Å². The summed E-state index contributed by atoms with van der Waals surface area (Å²) in [6.07, 6.45) is 1.99. The number of ketones is 1. The summed E-state index contributed by atoms with van der Waals surface area (Å²) in [5, 5.41) is 3.33. The Bertz CT molecular complexity index is 737. The van der Waals surface area contributed by atoms with E-state index in [1.54, 1.807) is 11.3 Å². The zero-order chi connectivity index (χ0) is 13.2. The quantitative estimate of drug-likeness (QED) is 0.495. The van der Waals surface area contributed by atoms with Crippen LogP contribution in [0.3, 0.4) is 0 Å². The number of thiophene rings is 1. The van der Waals surface area contributed by atoms with E-state index in [0.717, 1.165) is 11.3 Å². The maximum Gasteiger partial charge on any atom is 0.227 e. The summed E-state index contributed by atoms with van der Waals surface area (Å²) < 4.78 is 3.28. The number of hydrogen-bond donors (Lipinski definition) is 0. The highest BCUT2D eigenvalue weighted by molar-refractivity contribution is 7.17. The molecule has 2 nitrogen and oxygen atoms in total. The van der Waals surface area contributed by atoms with Crippen molar-refractivity contribution >= 4 is 27.2 Å². The number of Topliss-reactive ketones (excluding diaryl/α,β-unsaturated/α-hetero) is 1. The molecule has 3 aromatic rings. The minimum atomic E-state index is 0. The summed E-state index contributed by atoms with van der Waals surface area (Å²) in [4.78, 5) is 12.2. The lowest BCUT2D eigenvalue weighted by atomic mass is 10.1. The normalized spacial score (nSPS) is 10.2. The van der Waals surface area contributed by atoms with E-state index in [2.05, 4.69) is 24.4 Å². The molecule has 0 radical (unpaired) electrons. The Morgan fingerprint density at radius 1 is 1.15 bits per heavy atom. The van der Waals surface area contributed by atoms with Crippen LogP contribution in [0.1, 0.15) is 16.1 Å². The molecule has 0 atom stereocenters. The molecule has 3 rings (SSSR count). The fraction of sp³-hybridized carbons (Fsp3) is 0.125. The van der Waals surface area contributed by atoms with E-state index in [9.17, 15) is 4.79 Å². The molecule has 4 heteroatoms. The number of fused-ring (bicyclic) bond motifs is 1. The Labute approximate surface area is 132 Å². The van der Waals surface area contributed by atoms with Gasteiger partial charge in [-0.1, -0.05) is 30.3 Å². The zero-order valence-electron chi connectivity index (χ0n) is 11.0. The van der Waals surface area contributed by atoms with Crippen LogP contribution in [0.4, 0.5) is 0 Å². The summed E-state index contributed by atoms with van der Waals surface area (Å²) in [6.45, 7) is 2.46. The van der Waals surface area contributed by atoms with Gasteiger partial charge in [-0.15, -0.1) is 11.3 Å². The van der Waals surface area contributed by atoms with Gasteiger partial charge in [-0.2, -0.15) is 4.57 Å². The van der Waals surface area contributed by atoms with Crippen LogP contribution >= 0.6 is 11.3 Å². The van der Waals surface area contributed by atoms with Gasteiger partial charge in [0.2, 0.25) is 12.3 Å². The molecule has 0 fully saturated rings. The number of carbonyl (C=O) groups excluding carboxylic acids is 1. The summed E-state index contributed by atoms with van der Waals surface area (Å²) in [7, 11) is 0. The van der Waals surface area contributed by atoms with Crippen molar-refractivity contribution in [1.82, 2.24) is 0 Å².